The van der Waals surface area contributed by atoms with Crippen LogP contribution in [0, 0.1) is 0 Å². The number of thiol groups is 1. The summed E-state index contributed by atoms with van der Waals surface area (Å²) >= 11 is 4.22. The Bertz CT molecular complexity index is 947. The summed E-state index contributed by atoms with van der Waals surface area (Å²) in [5, 5.41) is 17.5. The predicted octanol–water partition coefficient (Wildman–Crippen LogP) is 6.72. The number of ether oxygens (including phenoxy) is 8. The first-order valence-corrected chi connectivity index (χ1v) is 22.5. The van der Waals surface area contributed by atoms with Crippen LogP contribution in [0.2, 0.25) is 0 Å². The van der Waals surface area contributed by atoms with E-state index < -0.39 is 30.0 Å². The standard InChI is InChI=1S/C23H41NO8S.C19H38O6/c25-20-10-11-21(26)24(20)22(23(27)28)32-18-17-31-16-15-30-14-13-29-12-8-6-4-2-1-3-5-7-9-19-33;1-2-3-4-5-6-7-8-9-10-11-22-12-13-23-14-15-24-16-17-25-18-19(20)21/h22,33H,1-19H2,(H,27,28);2-18H2,1H3,(H,20,21). The fourth-order valence-corrected chi connectivity index (χ4v) is 5.98. The van der Waals surface area contributed by atoms with Crippen molar-refractivity contribution in [1.29, 1.82) is 0 Å². The number of carboxylic acid groups (broad SMARTS) is 2. The highest BCUT2D eigenvalue weighted by molar-refractivity contribution is 7.80. The number of aliphatic carboxylic acids is 2. The van der Waals surface area contributed by atoms with Crippen LogP contribution in [0.25, 0.3) is 0 Å². The van der Waals surface area contributed by atoms with E-state index in [1.807, 2.05) is 0 Å². The first-order chi connectivity index (χ1) is 28.3. The van der Waals surface area contributed by atoms with Gasteiger partial charge in [-0.1, -0.05) is 103 Å². The Hall–Kier alpha value is -1.89. The molecule has 1 aliphatic heterocycles. The minimum atomic E-state index is -1.60. The van der Waals surface area contributed by atoms with Crippen molar-refractivity contribution in [3.63, 3.8) is 0 Å². The van der Waals surface area contributed by atoms with Crippen LogP contribution in [0.15, 0.2) is 0 Å². The number of hydrogen-bond acceptors (Lipinski definition) is 13. The first kappa shape index (κ1) is 56.1. The SMILES string of the molecule is CCCCCCCCCCCOCCOCCOCCOCC(=O)O.O=C(O)C(OCCOCCOCCOCCCCCCCCCCCS)N1C(=O)CCC1=O. The lowest BCUT2D eigenvalue weighted by Crippen LogP contribution is -2.46. The summed E-state index contributed by atoms with van der Waals surface area (Å²) in [5.41, 5.74) is 0. The molecule has 1 atom stereocenters. The van der Waals surface area contributed by atoms with Gasteiger partial charge in [-0.25, -0.2) is 14.5 Å². The maximum atomic E-state index is 11.6. The van der Waals surface area contributed by atoms with Crippen molar-refractivity contribution in [2.75, 3.05) is 105 Å². The fourth-order valence-electron chi connectivity index (χ4n) is 5.76. The predicted molar refractivity (Wildman–Crippen MR) is 224 cm³/mol. The highest BCUT2D eigenvalue weighted by atomic mass is 32.1. The van der Waals surface area contributed by atoms with E-state index in [1.54, 1.807) is 0 Å². The molecule has 0 radical (unpaired) electrons. The second kappa shape index (κ2) is 44.7. The number of nitrogens with zero attached hydrogens (tertiary/aromatic N) is 1. The highest BCUT2D eigenvalue weighted by Crippen LogP contribution is 2.17. The molecule has 0 saturated carbocycles. The van der Waals surface area contributed by atoms with Crippen molar-refractivity contribution in [1.82, 2.24) is 4.90 Å². The zero-order valence-corrected chi connectivity index (χ0v) is 36.6. The lowest BCUT2D eigenvalue weighted by Gasteiger charge is -2.22. The number of hydrogen-bond donors (Lipinski definition) is 3. The van der Waals surface area contributed by atoms with Gasteiger partial charge >= 0.3 is 11.9 Å². The molecule has 1 fully saturated rings. The van der Waals surface area contributed by atoms with Crippen molar-refractivity contribution in [3.8, 4) is 0 Å². The summed E-state index contributed by atoms with van der Waals surface area (Å²) in [6.45, 7) is 8.26. The fraction of sp³-hybridized carbons (Fsp3) is 0.905. The molecule has 1 rings (SSSR count). The van der Waals surface area contributed by atoms with E-state index in [1.165, 1.54) is 103 Å². The first-order valence-electron chi connectivity index (χ1n) is 21.9. The second-order valence-corrected chi connectivity index (χ2v) is 14.5. The van der Waals surface area contributed by atoms with Crippen molar-refractivity contribution in [3.05, 3.63) is 0 Å². The molecule has 0 aromatic carbocycles. The Morgan fingerprint density at radius 1 is 0.500 bits per heavy atom. The van der Waals surface area contributed by atoms with Gasteiger partial charge in [0.25, 0.3) is 0 Å². The van der Waals surface area contributed by atoms with Gasteiger partial charge < -0.3 is 48.1 Å². The monoisotopic (exact) mass is 854 g/mol. The van der Waals surface area contributed by atoms with Gasteiger partial charge in [-0.3, -0.25) is 9.59 Å². The van der Waals surface area contributed by atoms with Crippen LogP contribution in [0.1, 0.15) is 135 Å². The zero-order valence-electron chi connectivity index (χ0n) is 35.7. The van der Waals surface area contributed by atoms with E-state index in [2.05, 4.69) is 19.6 Å². The molecule has 15 nitrogen and oxygen atoms in total. The maximum absolute atomic E-state index is 11.6. The molecular weight excluding hydrogens is 775 g/mol. The number of amides is 2. The average Bonchev–Trinajstić information content (AvgIpc) is 3.54. The Balaban J connectivity index is 0.00000117. The number of likely N-dealkylation sites (tertiary alicyclic amines) is 1. The number of carbonyl (C=O) groups excluding carboxylic acids is 2. The largest absolute Gasteiger partial charge is 0.480 e. The summed E-state index contributed by atoms with van der Waals surface area (Å²) in [5.74, 6) is -2.41. The van der Waals surface area contributed by atoms with Crippen molar-refractivity contribution in [2.45, 2.75) is 142 Å². The third-order valence-electron chi connectivity index (χ3n) is 8.96. The lowest BCUT2D eigenvalue weighted by molar-refractivity contribution is -0.176. The minimum Gasteiger partial charge on any atom is -0.480 e. The van der Waals surface area contributed by atoms with Gasteiger partial charge in [-0.05, 0) is 25.0 Å². The van der Waals surface area contributed by atoms with Crippen LogP contribution < -0.4 is 0 Å². The van der Waals surface area contributed by atoms with Crippen LogP contribution >= 0.6 is 12.6 Å². The van der Waals surface area contributed by atoms with E-state index in [0.717, 1.165) is 31.8 Å². The number of carbonyl (C=O) groups is 4. The second-order valence-electron chi connectivity index (χ2n) is 14.1. The molecule has 0 aromatic heterocycles. The van der Waals surface area contributed by atoms with Crippen LogP contribution in [0.3, 0.4) is 0 Å². The summed E-state index contributed by atoms with van der Waals surface area (Å²) < 4.78 is 42.5. The molecule has 2 amide bonds. The van der Waals surface area contributed by atoms with Crippen LogP contribution in [-0.2, 0) is 57.1 Å². The molecule has 342 valence electrons. The molecule has 1 unspecified atom stereocenters. The molecule has 1 aliphatic rings. The van der Waals surface area contributed by atoms with E-state index in [9.17, 15) is 24.3 Å². The van der Waals surface area contributed by atoms with Crippen molar-refractivity contribution < 1.29 is 67.3 Å². The minimum absolute atomic E-state index is 0.0148. The normalized spacial score (nSPS) is 13.2. The Morgan fingerprint density at radius 3 is 1.19 bits per heavy atom. The van der Waals surface area contributed by atoms with Gasteiger partial charge in [0.05, 0.1) is 79.3 Å². The maximum Gasteiger partial charge on any atom is 0.354 e. The zero-order chi connectivity index (χ0) is 42.6. The molecule has 58 heavy (non-hydrogen) atoms. The molecule has 0 aliphatic carbocycles. The van der Waals surface area contributed by atoms with Crippen LogP contribution in [-0.4, -0.2) is 150 Å². The topological polar surface area (TPSA) is 186 Å². The van der Waals surface area contributed by atoms with Crippen molar-refractivity contribution >= 4 is 36.4 Å². The van der Waals surface area contributed by atoms with Crippen molar-refractivity contribution in [2.24, 2.45) is 0 Å². The molecule has 0 aromatic rings. The molecule has 16 heteroatoms. The average molecular weight is 854 g/mol. The van der Waals surface area contributed by atoms with Gasteiger partial charge in [0.1, 0.15) is 6.61 Å². The smallest absolute Gasteiger partial charge is 0.354 e. The number of unbranched alkanes of at least 4 members (excludes halogenated alkanes) is 16. The number of rotatable bonds is 44. The van der Waals surface area contributed by atoms with Crippen LogP contribution in [0.5, 0.6) is 0 Å². The Morgan fingerprint density at radius 2 is 0.828 bits per heavy atom. The third-order valence-corrected chi connectivity index (χ3v) is 9.28. The van der Waals surface area contributed by atoms with Gasteiger partial charge in [0.2, 0.25) is 18.0 Å². The molecule has 1 heterocycles. The Kier molecular flexibility index (Phi) is 43.2. The third kappa shape index (κ3) is 38.3. The van der Waals surface area contributed by atoms with Crippen LogP contribution in [0.4, 0.5) is 0 Å². The van der Waals surface area contributed by atoms with Gasteiger partial charge in [-0.15, -0.1) is 0 Å². The van der Waals surface area contributed by atoms with E-state index in [-0.39, 0.29) is 39.3 Å². The van der Waals surface area contributed by atoms with Gasteiger partial charge in [0.15, 0.2) is 0 Å². The number of imide groups is 1. The molecular formula is C42H79NO14S. The number of carboxylic acids is 2. The van der Waals surface area contributed by atoms with E-state index in [4.69, 9.17) is 43.0 Å². The summed E-state index contributed by atoms with van der Waals surface area (Å²) in [4.78, 5) is 45.4. The van der Waals surface area contributed by atoms with E-state index in [0.29, 0.717) is 64.4 Å². The highest BCUT2D eigenvalue weighted by Gasteiger charge is 2.39. The van der Waals surface area contributed by atoms with Gasteiger partial charge in [-0.2, -0.15) is 12.6 Å². The molecule has 0 spiro atoms. The lowest BCUT2D eigenvalue weighted by atomic mass is 10.1. The van der Waals surface area contributed by atoms with Gasteiger partial charge in [0, 0.05) is 26.1 Å². The van der Waals surface area contributed by atoms with E-state index >= 15 is 0 Å². The summed E-state index contributed by atoms with van der Waals surface area (Å²) in [7, 11) is 0. The Labute approximate surface area is 354 Å². The quantitative estimate of drug-likeness (QED) is 0.0333. The molecule has 1 saturated heterocycles. The summed E-state index contributed by atoms with van der Waals surface area (Å²) in [6.07, 6.45) is 21.7. The summed E-state index contributed by atoms with van der Waals surface area (Å²) in [6, 6.07) is 0. The molecule has 2 N–H and O–H groups in total. The molecule has 0 bridgehead atoms.